The van der Waals surface area contributed by atoms with Crippen molar-refractivity contribution in [1.29, 1.82) is 0 Å². The van der Waals surface area contributed by atoms with Gasteiger partial charge in [-0.1, -0.05) is 0 Å². The van der Waals surface area contributed by atoms with Crippen LogP contribution in [0.3, 0.4) is 0 Å². The summed E-state index contributed by atoms with van der Waals surface area (Å²) in [4.78, 5) is 23.7. The van der Waals surface area contributed by atoms with Gasteiger partial charge in [0.2, 0.25) is 0 Å². The molecule has 2 aromatic heterocycles. The Morgan fingerprint density at radius 2 is 2.32 bits per heavy atom. The second kappa shape index (κ2) is 5.70. The minimum atomic E-state index is -3.92. The first-order chi connectivity index (χ1) is 11.8. The molecule has 136 valence electrons. The first-order valence-electron chi connectivity index (χ1n) is 7.53. The zero-order valence-electron chi connectivity index (χ0n) is 13.6. The van der Waals surface area contributed by atoms with E-state index in [9.17, 15) is 9.46 Å². The number of methoxy groups -OCH3 is 1. The van der Waals surface area contributed by atoms with Gasteiger partial charge in [0, 0.05) is 13.8 Å². The molecule has 0 aromatic carbocycles. The molecule has 0 saturated carbocycles. The van der Waals surface area contributed by atoms with E-state index in [-0.39, 0.29) is 19.0 Å². The molecule has 0 amide bonds. The standard InChI is InChI=1S/C13H18N5O6P/c1-21-9-8-12(18-6-17-7-10(14)15-5-16-11(7)18)24-13(9,3-22-8)4-23-25(2,19)20/h5-6,8-9,12H,3-4H2,1-2H3,(H,19,20)(H2,14,15,16)/p-1/t8-,9?,12+,13+/m0/s1. The Morgan fingerprint density at radius 3 is 3.04 bits per heavy atom. The summed E-state index contributed by atoms with van der Waals surface area (Å²) in [5.74, 6) is 0.257. The minimum Gasteiger partial charge on any atom is -0.779 e. The van der Waals surface area contributed by atoms with Crippen LogP contribution >= 0.6 is 7.60 Å². The van der Waals surface area contributed by atoms with Crippen molar-refractivity contribution in [3.05, 3.63) is 12.7 Å². The van der Waals surface area contributed by atoms with Gasteiger partial charge >= 0.3 is 0 Å². The fourth-order valence-electron chi connectivity index (χ4n) is 3.35. The predicted molar refractivity (Wildman–Crippen MR) is 82.6 cm³/mol. The molecule has 12 heteroatoms. The van der Waals surface area contributed by atoms with E-state index in [0.29, 0.717) is 11.2 Å². The average Bonchev–Trinajstić information content (AvgIpc) is 3.22. The second-order valence-electron chi connectivity index (χ2n) is 6.13. The highest BCUT2D eigenvalue weighted by atomic mass is 31.2. The van der Waals surface area contributed by atoms with Crippen molar-refractivity contribution in [3.63, 3.8) is 0 Å². The van der Waals surface area contributed by atoms with Gasteiger partial charge in [-0.3, -0.25) is 4.57 Å². The van der Waals surface area contributed by atoms with Crippen molar-refractivity contribution >= 4 is 24.6 Å². The molecule has 2 aromatic rings. The Kier molecular flexibility index (Phi) is 3.83. The maximum absolute atomic E-state index is 11.4. The molecule has 2 bridgehead atoms. The third-order valence-corrected chi connectivity index (χ3v) is 5.03. The first-order valence-corrected chi connectivity index (χ1v) is 9.52. The van der Waals surface area contributed by atoms with Gasteiger partial charge in [0.05, 0.1) is 19.5 Å². The number of aromatic nitrogens is 4. The molecule has 2 aliphatic heterocycles. The summed E-state index contributed by atoms with van der Waals surface area (Å²) in [6, 6.07) is 0. The first kappa shape index (κ1) is 16.8. The van der Waals surface area contributed by atoms with Crippen molar-refractivity contribution < 1.29 is 28.2 Å². The van der Waals surface area contributed by atoms with Gasteiger partial charge in [0.15, 0.2) is 17.7 Å². The molecule has 2 aliphatic rings. The van der Waals surface area contributed by atoms with Crippen LogP contribution in [-0.2, 0) is 23.3 Å². The van der Waals surface area contributed by atoms with Crippen molar-refractivity contribution in [2.75, 3.05) is 32.7 Å². The van der Waals surface area contributed by atoms with Crippen LogP contribution in [0.2, 0.25) is 0 Å². The van der Waals surface area contributed by atoms with Crippen LogP contribution in [-0.4, -0.2) is 64.3 Å². The van der Waals surface area contributed by atoms with Crippen molar-refractivity contribution in [1.82, 2.24) is 19.5 Å². The van der Waals surface area contributed by atoms with Gasteiger partial charge in [-0.25, -0.2) is 15.0 Å². The summed E-state index contributed by atoms with van der Waals surface area (Å²) in [5, 5.41) is 0. The Bertz CT molecular complexity index is 855. The molecule has 2 saturated heterocycles. The van der Waals surface area contributed by atoms with Crippen LogP contribution in [0.1, 0.15) is 6.23 Å². The van der Waals surface area contributed by atoms with Crippen LogP contribution < -0.4 is 10.6 Å². The van der Waals surface area contributed by atoms with E-state index in [4.69, 9.17) is 24.5 Å². The molecule has 25 heavy (non-hydrogen) atoms. The molecule has 0 spiro atoms. The number of ether oxygens (including phenoxy) is 3. The number of hydrogen-bond acceptors (Lipinski definition) is 10. The SMILES string of the molecule is COC1[C@@H]2OC[C@]1(COP(C)(=O)[O-])O[C@H]2n1cnc2c(N)ncnc21. The number of rotatable bonds is 5. The van der Waals surface area contributed by atoms with Crippen LogP contribution in [0.4, 0.5) is 5.82 Å². The molecule has 0 radical (unpaired) electrons. The maximum Gasteiger partial charge on any atom is 0.167 e. The van der Waals surface area contributed by atoms with Crippen molar-refractivity contribution in [2.45, 2.75) is 24.0 Å². The van der Waals surface area contributed by atoms with E-state index in [1.54, 1.807) is 4.57 Å². The third kappa shape index (κ3) is 2.64. The number of hydrogen-bond donors (Lipinski definition) is 1. The fourth-order valence-corrected chi connectivity index (χ4v) is 3.80. The van der Waals surface area contributed by atoms with Crippen LogP contribution in [0, 0.1) is 0 Å². The zero-order chi connectivity index (χ0) is 17.8. The third-order valence-electron chi connectivity index (χ3n) is 4.43. The Balaban J connectivity index is 1.68. The number of imidazole rings is 1. The molecule has 5 atom stereocenters. The van der Waals surface area contributed by atoms with E-state index in [0.717, 1.165) is 6.66 Å². The van der Waals surface area contributed by atoms with E-state index in [1.165, 1.54) is 19.8 Å². The molecule has 2 unspecified atom stereocenters. The topological polar surface area (TPSA) is 147 Å². The number of fused-ring (bicyclic) bond motifs is 3. The predicted octanol–water partition coefficient (Wildman–Crippen LogP) is -0.710. The summed E-state index contributed by atoms with van der Waals surface area (Å²) >= 11 is 0. The molecule has 2 fully saturated rings. The zero-order valence-corrected chi connectivity index (χ0v) is 14.5. The lowest BCUT2D eigenvalue weighted by molar-refractivity contribution is -0.215. The lowest BCUT2D eigenvalue weighted by Crippen LogP contribution is -2.45. The van der Waals surface area contributed by atoms with Gasteiger partial charge in [-0.05, 0) is 0 Å². The van der Waals surface area contributed by atoms with E-state index in [2.05, 4.69) is 15.0 Å². The summed E-state index contributed by atoms with van der Waals surface area (Å²) in [6.45, 7) is 0.976. The summed E-state index contributed by atoms with van der Waals surface area (Å²) < 4.78 is 35.5. The smallest absolute Gasteiger partial charge is 0.167 e. The molecule has 4 heterocycles. The van der Waals surface area contributed by atoms with Crippen LogP contribution in [0.5, 0.6) is 0 Å². The summed E-state index contributed by atoms with van der Waals surface area (Å²) in [5.41, 5.74) is 5.72. The van der Waals surface area contributed by atoms with Gasteiger partial charge in [-0.2, -0.15) is 0 Å². The minimum absolute atomic E-state index is 0.163. The molecule has 2 N–H and O–H groups in total. The number of anilines is 1. The van der Waals surface area contributed by atoms with Crippen LogP contribution in [0.15, 0.2) is 12.7 Å². The Morgan fingerprint density at radius 1 is 1.52 bits per heavy atom. The molecule has 0 aliphatic carbocycles. The van der Waals surface area contributed by atoms with E-state index in [1.807, 2.05) is 0 Å². The summed E-state index contributed by atoms with van der Waals surface area (Å²) in [7, 11) is -2.40. The molecule has 11 nitrogen and oxygen atoms in total. The van der Waals surface area contributed by atoms with Gasteiger partial charge in [0.25, 0.3) is 0 Å². The highest BCUT2D eigenvalue weighted by Crippen LogP contribution is 2.48. The van der Waals surface area contributed by atoms with Crippen molar-refractivity contribution in [2.24, 2.45) is 0 Å². The van der Waals surface area contributed by atoms with Crippen molar-refractivity contribution in [3.8, 4) is 0 Å². The quantitative estimate of drug-likeness (QED) is 0.669. The number of nitrogen functional groups attached to an aromatic ring is 1. The maximum atomic E-state index is 11.4. The monoisotopic (exact) mass is 370 g/mol. The normalized spacial score (nSPS) is 33.8. The number of nitrogens with zero attached hydrogens (tertiary/aromatic N) is 4. The van der Waals surface area contributed by atoms with Crippen LogP contribution in [0.25, 0.3) is 11.2 Å². The van der Waals surface area contributed by atoms with Gasteiger partial charge in [0.1, 0.15) is 37.2 Å². The average molecular weight is 370 g/mol. The van der Waals surface area contributed by atoms with E-state index >= 15 is 0 Å². The lowest BCUT2D eigenvalue weighted by Gasteiger charge is -2.33. The fraction of sp³-hybridized carbons (Fsp3) is 0.615. The Hall–Kier alpha value is -1.62. The highest BCUT2D eigenvalue weighted by Gasteiger charge is 2.63. The highest BCUT2D eigenvalue weighted by molar-refractivity contribution is 7.50. The number of nitrogens with two attached hydrogens (primary N) is 1. The molecular formula is C13H17N5O6P-. The second-order valence-corrected chi connectivity index (χ2v) is 7.93. The lowest BCUT2D eigenvalue weighted by atomic mass is 10.0. The molecule has 4 rings (SSSR count). The van der Waals surface area contributed by atoms with Gasteiger partial charge in [-0.15, -0.1) is 0 Å². The van der Waals surface area contributed by atoms with E-state index < -0.39 is 31.6 Å². The molecular weight excluding hydrogens is 353 g/mol. The summed E-state index contributed by atoms with van der Waals surface area (Å²) in [6.07, 6.45) is 1.29. The van der Waals surface area contributed by atoms with Gasteiger partial charge < -0.3 is 33.9 Å². The Labute approximate surface area is 142 Å². The largest absolute Gasteiger partial charge is 0.779 e.